The quantitative estimate of drug-likeness (QED) is 0.754. The van der Waals surface area contributed by atoms with Gasteiger partial charge in [0, 0.05) is 18.1 Å². The largest absolute Gasteiger partial charge is 0.497 e. The standard InChI is InChI=1S/C24H31NO4/c1-7-20(28-21-10-8-9-15(2)16(21)3)23(26)25-19-14-24(4,5)29-22-13-17(27-6)11-12-18(19)22/h8-13,19-20H,7,14H2,1-6H3,(H,25,26)/t19-,20-/m1/s1. The zero-order valence-electron chi connectivity index (χ0n) is 18.2. The average Bonchev–Trinajstić information content (AvgIpc) is 2.67. The first-order valence-corrected chi connectivity index (χ1v) is 10.1. The molecular weight excluding hydrogens is 366 g/mol. The molecule has 5 nitrogen and oxygen atoms in total. The van der Waals surface area contributed by atoms with Crippen LogP contribution in [0, 0.1) is 13.8 Å². The normalized spacial score (nSPS) is 18.2. The number of fused-ring (bicyclic) bond motifs is 1. The van der Waals surface area contributed by atoms with Crippen LogP contribution in [-0.2, 0) is 4.79 Å². The highest BCUT2D eigenvalue weighted by Crippen LogP contribution is 2.41. The molecule has 156 valence electrons. The number of amides is 1. The summed E-state index contributed by atoms with van der Waals surface area (Å²) in [4.78, 5) is 13.1. The Morgan fingerprint density at radius 1 is 1.28 bits per heavy atom. The fourth-order valence-electron chi connectivity index (χ4n) is 3.68. The second-order valence-corrected chi connectivity index (χ2v) is 8.24. The maximum Gasteiger partial charge on any atom is 0.261 e. The lowest BCUT2D eigenvalue weighted by Crippen LogP contribution is -2.45. The molecule has 0 saturated heterocycles. The second kappa shape index (κ2) is 8.36. The summed E-state index contributed by atoms with van der Waals surface area (Å²) in [6.07, 6.45) is 0.711. The van der Waals surface area contributed by atoms with Crippen LogP contribution in [0.25, 0.3) is 0 Å². The highest BCUT2D eigenvalue weighted by Gasteiger charge is 2.36. The zero-order valence-corrected chi connectivity index (χ0v) is 18.2. The molecule has 0 unspecified atom stereocenters. The van der Waals surface area contributed by atoms with Gasteiger partial charge in [-0.05, 0) is 63.4 Å². The van der Waals surface area contributed by atoms with Crippen molar-refractivity contribution in [1.29, 1.82) is 0 Å². The van der Waals surface area contributed by atoms with Gasteiger partial charge in [-0.1, -0.05) is 19.1 Å². The summed E-state index contributed by atoms with van der Waals surface area (Å²) in [6.45, 7) is 10.1. The molecule has 1 heterocycles. The Kier molecular flexibility index (Phi) is 6.06. The van der Waals surface area contributed by atoms with Crippen LogP contribution < -0.4 is 19.5 Å². The molecule has 2 aromatic carbocycles. The molecule has 1 aliphatic rings. The van der Waals surface area contributed by atoms with Crippen molar-refractivity contribution >= 4 is 5.91 Å². The summed E-state index contributed by atoms with van der Waals surface area (Å²) in [5.74, 6) is 2.12. The average molecular weight is 398 g/mol. The minimum absolute atomic E-state index is 0.113. The van der Waals surface area contributed by atoms with Gasteiger partial charge >= 0.3 is 0 Å². The fourth-order valence-corrected chi connectivity index (χ4v) is 3.68. The number of benzene rings is 2. The number of methoxy groups -OCH3 is 1. The van der Waals surface area contributed by atoms with Crippen molar-refractivity contribution in [1.82, 2.24) is 5.32 Å². The maximum atomic E-state index is 13.1. The lowest BCUT2D eigenvalue weighted by atomic mass is 9.89. The highest BCUT2D eigenvalue weighted by molar-refractivity contribution is 5.81. The van der Waals surface area contributed by atoms with Gasteiger partial charge in [-0.2, -0.15) is 0 Å². The Balaban J connectivity index is 1.80. The monoisotopic (exact) mass is 397 g/mol. The second-order valence-electron chi connectivity index (χ2n) is 8.24. The molecule has 1 N–H and O–H groups in total. The van der Waals surface area contributed by atoms with E-state index in [4.69, 9.17) is 14.2 Å². The van der Waals surface area contributed by atoms with Gasteiger partial charge in [0.2, 0.25) is 0 Å². The Morgan fingerprint density at radius 3 is 2.72 bits per heavy atom. The van der Waals surface area contributed by atoms with E-state index in [1.165, 1.54) is 0 Å². The first-order chi connectivity index (χ1) is 13.7. The Labute approximate surface area is 173 Å². The minimum Gasteiger partial charge on any atom is -0.497 e. The van der Waals surface area contributed by atoms with Gasteiger partial charge < -0.3 is 19.5 Å². The first-order valence-electron chi connectivity index (χ1n) is 10.1. The van der Waals surface area contributed by atoms with Crippen molar-refractivity contribution in [2.24, 2.45) is 0 Å². The van der Waals surface area contributed by atoms with E-state index in [0.29, 0.717) is 12.8 Å². The molecule has 0 saturated carbocycles. The van der Waals surface area contributed by atoms with Gasteiger partial charge in [0.25, 0.3) is 5.91 Å². The number of carbonyl (C=O) groups is 1. The van der Waals surface area contributed by atoms with Gasteiger partial charge in [-0.3, -0.25) is 4.79 Å². The molecular formula is C24H31NO4. The molecule has 1 amide bonds. The summed E-state index contributed by atoms with van der Waals surface area (Å²) in [7, 11) is 1.63. The van der Waals surface area contributed by atoms with Crippen LogP contribution in [0.4, 0.5) is 0 Å². The summed E-state index contributed by atoms with van der Waals surface area (Å²) in [5.41, 5.74) is 2.77. The number of ether oxygens (including phenoxy) is 3. The molecule has 0 fully saturated rings. The SMILES string of the molecule is CC[C@@H](Oc1cccc(C)c1C)C(=O)N[C@@H]1CC(C)(C)Oc2cc(OC)ccc21. The number of hydrogen-bond acceptors (Lipinski definition) is 4. The summed E-state index contributed by atoms with van der Waals surface area (Å²) in [5, 5.41) is 3.19. The van der Waals surface area contributed by atoms with Gasteiger partial charge in [0.05, 0.1) is 13.2 Å². The van der Waals surface area contributed by atoms with Crippen LogP contribution >= 0.6 is 0 Å². The molecule has 5 heteroatoms. The number of aryl methyl sites for hydroxylation is 1. The molecule has 1 aliphatic heterocycles. The van der Waals surface area contributed by atoms with E-state index >= 15 is 0 Å². The molecule has 0 spiro atoms. The van der Waals surface area contributed by atoms with Crippen molar-refractivity contribution in [3.63, 3.8) is 0 Å². The van der Waals surface area contributed by atoms with Crippen LogP contribution in [0.15, 0.2) is 36.4 Å². The van der Waals surface area contributed by atoms with Crippen molar-refractivity contribution in [3.8, 4) is 17.2 Å². The van der Waals surface area contributed by atoms with Crippen LogP contribution in [-0.4, -0.2) is 24.7 Å². The maximum absolute atomic E-state index is 13.1. The molecule has 29 heavy (non-hydrogen) atoms. The molecule has 3 rings (SSSR count). The molecule has 2 atom stereocenters. The Morgan fingerprint density at radius 2 is 2.03 bits per heavy atom. The molecule has 0 aromatic heterocycles. The van der Waals surface area contributed by atoms with Gasteiger partial charge in [0.1, 0.15) is 22.8 Å². The van der Waals surface area contributed by atoms with Crippen LogP contribution in [0.2, 0.25) is 0 Å². The lowest BCUT2D eigenvalue weighted by molar-refractivity contribution is -0.129. The third kappa shape index (κ3) is 4.66. The molecule has 2 aromatic rings. The predicted octanol–water partition coefficient (Wildman–Crippen LogP) is 4.89. The Hall–Kier alpha value is -2.69. The molecule has 0 radical (unpaired) electrons. The summed E-state index contributed by atoms with van der Waals surface area (Å²) in [6, 6.07) is 11.5. The minimum atomic E-state index is -0.553. The van der Waals surface area contributed by atoms with Gasteiger partial charge in [-0.15, -0.1) is 0 Å². The number of nitrogens with one attached hydrogen (secondary N) is 1. The number of rotatable bonds is 6. The van der Waals surface area contributed by atoms with Crippen molar-refractivity contribution in [2.75, 3.05) is 7.11 Å². The fraction of sp³-hybridized carbons (Fsp3) is 0.458. The van der Waals surface area contributed by atoms with Gasteiger partial charge in [-0.25, -0.2) is 0 Å². The smallest absolute Gasteiger partial charge is 0.261 e. The van der Waals surface area contributed by atoms with Crippen molar-refractivity contribution in [3.05, 3.63) is 53.1 Å². The van der Waals surface area contributed by atoms with E-state index < -0.39 is 11.7 Å². The highest BCUT2D eigenvalue weighted by atomic mass is 16.5. The van der Waals surface area contributed by atoms with Crippen molar-refractivity contribution < 1.29 is 19.0 Å². The van der Waals surface area contributed by atoms with E-state index in [9.17, 15) is 4.79 Å². The van der Waals surface area contributed by atoms with Crippen LogP contribution in [0.5, 0.6) is 17.2 Å². The lowest BCUT2D eigenvalue weighted by Gasteiger charge is -2.38. The van der Waals surface area contributed by atoms with E-state index in [1.807, 2.05) is 71.0 Å². The van der Waals surface area contributed by atoms with E-state index in [2.05, 4.69) is 5.32 Å². The topological polar surface area (TPSA) is 56.8 Å². The van der Waals surface area contributed by atoms with Crippen LogP contribution in [0.1, 0.15) is 56.3 Å². The van der Waals surface area contributed by atoms with Crippen molar-refractivity contribution in [2.45, 2.75) is 65.2 Å². The Bertz CT molecular complexity index is 890. The van der Waals surface area contributed by atoms with E-state index in [1.54, 1.807) is 7.11 Å². The predicted molar refractivity (Wildman–Crippen MR) is 114 cm³/mol. The summed E-state index contributed by atoms with van der Waals surface area (Å²) >= 11 is 0. The van der Waals surface area contributed by atoms with E-state index in [0.717, 1.165) is 33.9 Å². The van der Waals surface area contributed by atoms with Gasteiger partial charge in [0.15, 0.2) is 6.10 Å². The molecule has 0 bridgehead atoms. The van der Waals surface area contributed by atoms with E-state index in [-0.39, 0.29) is 11.9 Å². The number of hydrogen-bond donors (Lipinski definition) is 1. The first kappa shape index (κ1) is 21.0. The number of carbonyl (C=O) groups excluding carboxylic acids is 1. The zero-order chi connectivity index (χ0) is 21.2. The van der Waals surface area contributed by atoms with Crippen LogP contribution in [0.3, 0.4) is 0 Å². The summed E-state index contributed by atoms with van der Waals surface area (Å²) < 4.78 is 17.5. The molecule has 0 aliphatic carbocycles. The third-order valence-electron chi connectivity index (χ3n) is 5.48. The third-order valence-corrected chi connectivity index (χ3v) is 5.48.